The number of rotatable bonds is 3. The van der Waals surface area contributed by atoms with Crippen LogP contribution >= 0.6 is 0 Å². The third kappa shape index (κ3) is 2.23. The maximum atomic E-state index is 11.2. The molecule has 1 amide bonds. The Balaban J connectivity index is 1.85. The van der Waals surface area contributed by atoms with E-state index in [0.717, 1.165) is 25.0 Å². The summed E-state index contributed by atoms with van der Waals surface area (Å²) in [6.45, 7) is 3.52. The lowest BCUT2D eigenvalue weighted by Crippen LogP contribution is -2.44. The highest BCUT2D eigenvalue weighted by atomic mass is 16.1. The number of nitrogens with zero attached hydrogens (tertiary/aromatic N) is 1. The number of primary amides is 1. The molecule has 1 aliphatic rings. The van der Waals surface area contributed by atoms with E-state index in [9.17, 15) is 4.79 Å². The van der Waals surface area contributed by atoms with Crippen LogP contribution < -0.4 is 5.73 Å². The first-order valence-electron chi connectivity index (χ1n) is 6.95. The molecular weight excluding hydrogens is 250 g/mol. The summed E-state index contributed by atoms with van der Waals surface area (Å²) in [5, 5.41) is 1.26. The number of carbonyl (C=O) groups is 1. The van der Waals surface area contributed by atoms with Gasteiger partial charge in [-0.1, -0.05) is 24.3 Å². The lowest BCUT2D eigenvalue weighted by molar-refractivity contribution is -0.122. The van der Waals surface area contributed by atoms with Crippen LogP contribution in [0.25, 0.3) is 16.5 Å². The fraction of sp³-hybridized carbons (Fsp3) is 0.312. The van der Waals surface area contributed by atoms with Crippen LogP contribution in [-0.2, 0) is 4.79 Å². The van der Waals surface area contributed by atoms with Crippen LogP contribution in [-0.4, -0.2) is 34.9 Å². The zero-order chi connectivity index (χ0) is 14.1. The van der Waals surface area contributed by atoms with Gasteiger partial charge in [0.25, 0.3) is 0 Å². The largest absolute Gasteiger partial charge is 0.368 e. The van der Waals surface area contributed by atoms with E-state index in [1.165, 1.54) is 16.5 Å². The van der Waals surface area contributed by atoms with Gasteiger partial charge in [-0.05, 0) is 25.0 Å². The van der Waals surface area contributed by atoms with Crippen molar-refractivity contribution in [1.82, 2.24) is 9.88 Å². The Kier molecular flexibility index (Phi) is 3.32. The molecule has 0 fully saturated rings. The minimum Gasteiger partial charge on any atom is -0.368 e. The van der Waals surface area contributed by atoms with Crippen LogP contribution in [0.1, 0.15) is 18.9 Å². The van der Waals surface area contributed by atoms with Crippen LogP contribution in [0.5, 0.6) is 0 Å². The van der Waals surface area contributed by atoms with Gasteiger partial charge in [0.05, 0.1) is 6.04 Å². The zero-order valence-corrected chi connectivity index (χ0v) is 11.6. The molecule has 3 rings (SSSR count). The maximum absolute atomic E-state index is 11.2. The van der Waals surface area contributed by atoms with Gasteiger partial charge in [0.1, 0.15) is 0 Å². The van der Waals surface area contributed by atoms with Gasteiger partial charge in [-0.15, -0.1) is 0 Å². The SMILES string of the molecule is C[C@H](C(N)=O)N1CC=C(c2c[nH]c3ccccc23)CC1. The highest BCUT2D eigenvalue weighted by Gasteiger charge is 2.22. The molecule has 0 radical (unpaired) electrons. The number of hydrogen-bond donors (Lipinski definition) is 2. The molecule has 0 saturated heterocycles. The van der Waals surface area contributed by atoms with Crippen molar-refractivity contribution in [3.63, 3.8) is 0 Å². The number of aromatic amines is 1. The predicted molar refractivity (Wildman–Crippen MR) is 81.1 cm³/mol. The summed E-state index contributed by atoms with van der Waals surface area (Å²) >= 11 is 0. The van der Waals surface area contributed by atoms with E-state index in [1.54, 1.807) is 0 Å². The van der Waals surface area contributed by atoms with Crippen LogP contribution in [0.4, 0.5) is 0 Å². The molecule has 0 spiro atoms. The monoisotopic (exact) mass is 269 g/mol. The molecule has 4 heteroatoms. The molecule has 2 heterocycles. The second-order valence-electron chi connectivity index (χ2n) is 5.30. The van der Waals surface area contributed by atoms with Crippen molar-refractivity contribution < 1.29 is 4.79 Å². The maximum Gasteiger partial charge on any atom is 0.234 e. The molecule has 0 bridgehead atoms. The van der Waals surface area contributed by atoms with E-state index in [4.69, 9.17) is 5.73 Å². The van der Waals surface area contributed by atoms with Gasteiger partial charge < -0.3 is 10.7 Å². The average molecular weight is 269 g/mol. The number of benzene rings is 1. The molecule has 1 aliphatic heterocycles. The van der Waals surface area contributed by atoms with Gasteiger partial charge >= 0.3 is 0 Å². The molecule has 1 atom stereocenters. The van der Waals surface area contributed by atoms with Crippen molar-refractivity contribution in [1.29, 1.82) is 0 Å². The van der Waals surface area contributed by atoms with Crippen molar-refractivity contribution >= 4 is 22.4 Å². The number of nitrogens with one attached hydrogen (secondary N) is 1. The number of nitrogens with two attached hydrogens (primary N) is 1. The van der Waals surface area contributed by atoms with Gasteiger partial charge in [-0.25, -0.2) is 0 Å². The summed E-state index contributed by atoms with van der Waals surface area (Å²) in [4.78, 5) is 16.7. The molecule has 4 nitrogen and oxygen atoms in total. The quantitative estimate of drug-likeness (QED) is 0.896. The van der Waals surface area contributed by atoms with Crippen molar-refractivity contribution in [3.8, 4) is 0 Å². The van der Waals surface area contributed by atoms with E-state index >= 15 is 0 Å². The molecule has 0 aliphatic carbocycles. The number of hydrogen-bond acceptors (Lipinski definition) is 2. The zero-order valence-electron chi connectivity index (χ0n) is 11.6. The second kappa shape index (κ2) is 5.13. The summed E-state index contributed by atoms with van der Waals surface area (Å²) in [5.41, 5.74) is 9.14. The van der Waals surface area contributed by atoms with Crippen molar-refractivity contribution in [2.24, 2.45) is 5.73 Å². The Bertz CT molecular complexity index is 671. The topological polar surface area (TPSA) is 62.1 Å². The van der Waals surface area contributed by atoms with Crippen molar-refractivity contribution in [2.75, 3.05) is 13.1 Å². The van der Waals surface area contributed by atoms with Crippen LogP contribution in [0.3, 0.4) is 0 Å². The first kappa shape index (κ1) is 12.9. The fourth-order valence-corrected chi connectivity index (χ4v) is 2.80. The minimum atomic E-state index is -0.256. The number of amides is 1. The summed E-state index contributed by atoms with van der Waals surface area (Å²) in [6.07, 6.45) is 5.22. The van der Waals surface area contributed by atoms with Gasteiger partial charge in [0, 0.05) is 35.8 Å². The lowest BCUT2D eigenvalue weighted by atomic mass is 9.98. The Morgan fingerprint density at radius 2 is 2.20 bits per heavy atom. The number of aromatic nitrogens is 1. The first-order chi connectivity index (χ1) is 9.66. The van der Waals surface area contributed by atoms with E-state index in [2.05, 4.69) is 40.4 Å². The molecule has 0 unspecified atom stereocenters. The third-order valence-corrected chi connectivity index (χ3v) is 4.14. The number of H-pyrrole nitrogens is 1. The number of fused-ring (bicyclic) bond motifs is 1. The predicted octanol–water partition coefficient (Wildman–Crippen LogP) is 2.13. The van der Waals surface area contributed by atoms with Crippen molar-refractivity contribution in [3.05, 3.63) is 42.1 Å². The molecule has 104 valence electrons. The molecule has 20 heavy (non-hydrogen) atoms. The Labute approximate surface area is 118 Å². The lowest BCUT2D eigenvalue weighted by Gasteiger charge is -2.29. The second-order valence-corrected chi connectivity index (χ2v) is 5.30. The Morgan fingerprint density at radius 1 is 1.40 bits per heavy atom. The van der Waals surface area contributed by atoms with Crippen LogP contribution in [0.2, 0.25) is 0 Å². The highest BCUT2D eigenvalue weighted by Crippen LogP contribution is 2.29. The van der Waals surface area contributed by atoms with E-state index < -0.39 is 0 Å². The highest BCUT2D eigenvalue weighted by molar-refractivity contribution is 5.92. The van der Waals surface area contributed by atoms with Crippen LogP contribution in [0.15, 0.2) is 36.5 Å². The molecule has 2 aromatic rings. The van der Waals surface area contributed by atoms with Gasteiger partial charge in [0.15, 0.2) is 0 Å². The molecule has 1 aromatic heterocycles. The average Bonchev–Trinajstić information content (AvgIpc) is 2.90. The van der Waals surface area contributed by atoms with E-state index in [0.29, 0.717) is 0 Å². The molecular formula is C16H19N3O. The molecule has 0 saturated carbocycles. The number of para-hydroxylation sites is 1. The van der Waals surface area contributed by atoms with Gasteiger partial charge in [-0.3, -0.25) is 9.69 Å². The van der Waals surface area contributed by atoms with Gasteiger partial charge in [-0.2, -0.15) is 0 Å². The number of carbonyl (C=O) groups excluding carboxylic acids is 1. The third-order valence-electron chi connectivity index (χ3n) is 4.14. The first-order valence-corrected chi connectivity index (χ1v) is 6.95. The standard InChI is InChI=1S/C16H19N3O/c1-11(16(17)20)19-8-6-12(7-9-19)14-10-18-15-5-3-2-4-13(14)15/h2-6,10-11,18H,7-9H2,1H3,(H2,17,20)/t11-/m1/s1. The van der Waals surface area contributed by atoms with E-state index in [-0.39, 0.29) is 11.9 Å². The minimum absolute atomic E-state index is 0.198. The fourth-order valence-electron chi connectivity index (χ4n) is 2.80. The molecule has 3 N–H and O–H groups in total. The van der Waals surface area contributed by atoms with Crippen molar-refractivity contribution in [2.45, 2.75) is 19.4 Å². The molecule has 1 aromatic carbocycles. The summed E-state index contributed by atoms with van der Waals surface area (Å²) in [7, 11) is 0. The van der Waals surface area contributed by atoms with Gasteiger partial charge in [0.2, 0.25) is 5.91 Å². The summed E-state index contributed by atoms with van der Waals surface area (Å²) < 4.78 is 0. The Morgan fingerprint density at radius 3 is 2.90 bits per heavy atom. The van der Waals surface area contributed by atoms with Crippen LogP contribution in [0, 0.1) is 0 Å². The smallest absolute Gasteiger partial charge is 0.234 e. The summed E-state index contributed by atoms with van der Waals surface area (Å²) in [6, 6.07) is 8.12. The van der Waals surface area contributed by atoms with E-state index in [1.807, 2.05) is 13.0 Å². The normalized spacial score (nSPS) is 17.9. The summed E-state index contributed by atoms with van der Waals surface area (Å²) in [5.74, 6) is -0.256. The Hall–Kier alpha value is -2.07.